The van der Waals surface area contributed by atoms with E-state index in [-0.39, 0.29) is 5.69 Å². The van der Waals surface area contributed by atoms with Crippen molar-refractivity contribution >= 4 is 27.1 Å². The molecule has 0 saturated heterocycles. The molecule has 0 aliphatic rings. The molecule has 0 bridgehead atoms. The number of pyridine rings is 1. The van der Waals surface area contributed by atoms with Crippen LogP contribution in [0.5, 0.6) is 0 Å². The van der Waals surface area contributed by atoms with Crippen molar-refractivity contribution in [3.8, 4) is 0 Å². The van der Waals surface area contributed by atoms with E-state index in [1.807, 2.05) is 36.4 Å². The Kier molecular flexibility index (Phi) is 2.76. The van der Waals surface area contributed by atoms with Gasteiger partial charge in [-0.2, -0.15) is 0 Å². The average molecular weight is 304 g/mol. The Morgan fingerprint density at radius 3 is 2.83 bits per heavy atom. The molecular weight excluding hydrogens is 294 g/mol. The minimum Gasteiger partial charge on any atom is -0.304 e. The van der Waals surface area contributed by atoms with Crippen molar-refractivity contribution in [3.63, 3.8) is 0 Å². The molecule has 2 aromatic heterocycles. The zero-order valence-electron chi connectivity index (χ0n) is 9.43. The highest BCUT2D eigenvalue weighted by atomic mass is 79.9. The second kappa shape index (κ2) is 4.42. The van der Waals surface area contributed by atoms with Crippen LogP contribution in [0.3, 0.4) is 0 Å². The summed E-state index contributed by atoms with van der Waals surface area (Å²) in [6, 6.07) is 11.7. The standard InChI is InChI=1S/C13H10BrN3O/c14-10-6-11-12(15-7-10)17(13(18)16-11)8-9-4-2-1-3-5-9/h1-7H,8H2,(H,16,18). The van der Waals surface area contributed by atoms with Gasteiger partial charge in [0.2, 0.25) is 0 Å². The van der Waals surface area contributed by atoms with E-state index in [2.05, 4.69) is 25.9 Å². The summed E-state index contributed by atoms with van der Waals surface area (Å²) in [7, 11) is 0. The third-order valence-corrected chi connectivity index (χ3v) is 3.19. The fraction of sp³-hybridized carbons (Fsp3) is 0.0769. The van der Waals surface area contributed by atoms with Crippen molar-refractivity contribution in [1.82, 2.24) is 14.5 Å². The highest BCUT2D eigenvalue weighted by molar-refractivity contribution is 9.10. The second-order valence-corrected chi connectivity index (χ2v) is 4.94. The molecular formula is C13H10BrN3O. The number of hydrogen-bond donors (Lipinski definition) is 1. The van der Waals surface area contributed by atoms with Crippen LogP contribution in [-0.2, 0) is 6.54 Å². The van der Waals surface area contributed by atoms with Crippen LogP contribution in [0.2, 0.25) is 0 Å². The summed E-state index contributed by atoms with van der Waals surface area (Å²) in [5.41, 5.74) is 2.35. The van der Waals surface area contributed by atoms with E-state index in [4.69, 9.17) is 0 Å². The van der Waals surface area contributed by atoms with Gasteiger partial charge in [-0.05, 0) is 27.6 Å². The molecule has 1 N–H and O–H groups in total. The molecule has 0 unspecified atom stereocenters. The van der Waals surface area contributed by atoms with Gasteiger partial charge in [0.1, 0.15) is 0 Å². The average Bonchev–Trinajstić information content (AvgIpc) is 2.66. The predicted octanol–water partition coefficient (Wildman–Crippen LogP) is 2.54. The Morgan fingerprint density at radius 1 is 1.28 bits per heavy atom. The SMILES string of the molecule is O=c1[nH]c2cc(Br)cnc2n1Cc1ccccc1. The van der Waals surface area contributed by atoms with Gasteiger partial charge in [-0.3, -0.25) is 4.57 Å². The minimum atomic E-state index is -0.139. The highest BCUT2D eigenvalue weighted by Gasteiger charge is 2.08. The molecule has 90 valence electrons. The summed E-state index contributed by atoms with van der Waals surface area (Å²) in [6.07, 6.45) is 1.69. The number of H-pyrrole nitrogens is 1. The zero-order chi connectivity index (χ0) is 12.5. The van der Waals surface area contributed by atoms with Crippen molar-refractivity contribution in [1.29, 1.82) is 0 Å². The van der Waals surface area contributed by atoms with E-state index in [1.54, 1.807) is 10.8 Å². The van der Waals surface area contributed by atoms with Crippen LogP contribution in [0.25, 0.3) is 11.2 Å². The first-order valence-electron chi connectivity index (χ1n) is 5.52. The lowest BCUT2D eigenvalue weighted by Gasteiger charge is -2.02. The maximum Gasteiger partial charge on any atom is 0.327 e. The summed E-state index contributed by atoms with van der Waals surface area (Å²) < 4.78 is 2.49. The van der Waals surface area contributed by atoms with Crippen molar-refractivity contribution in [3.05, 3.63) is 63.1 Å². The van der Waals surface area contributed by atoms with Crippen LogP contribution in [-0.4, -0.2) is 14.5 Å². The largest absolute Gasteiger partial charge is 0.327 e. The molecule has 0 atom stereocenters. The molecule has 0 fully saturated rings. The van der Waals surface area contributed by atoms with Crippen molar-refractivity contribution < 1.29 is 0 Å². The van der Waals surface area contributed by atoms with Crippen LogP contribution in [0, 0.1) is 0 Å². The summed E-state index contributed by atoms with van der Waals surface area (Å²) in [5, 5.41) is 0. The summed E-state index contributed by atoms with van der Waals surface area (Å²) in [6.45, 7) is 0.522. The molecule has 2 heterocycles. The van der Waals surface area contributed by atoms with Crippen molar-refractivity contribution in [2.75, 3.05) is 0 Å². The Hall–Kier alpha value is -1.88. The van der Waals surface area contributed by atoms with E-state index in [0.717, 1.165) is 15.6 Å². The summed E-state index contributed by atoms with van der Waals surface area (Å²) in [4.78, 5) is 19.0. The number of aromatic amines is 1. The molecule has 0 saturated carbocycles. The highest BCUT2D eigenvalue weighted by Crippen LogP contribution is 2.15. The molecule has 3 rings (SSSR count). The number of fused-ring (bicyclic) bond motifs is 1. The van der Waals surface area contributed by atoms with Gasteiger partial charge in [0.25, 0.3) is 0 Å². The van der Waals surface area contributed by atoms with E-state index >= 15 is 0 Å². The normalized spacial score (nSPS) is 10.9. The van der Waals surface area contributed by atoms with E-state index in [9.17, 15) is 4.79 Å². The fourth-order valence-electron chi connectivity index (χ4n) is 1.93. The van der Waals surface area contributed by atoms with Gasteiger partial charge >= 0.3 is 5.69 Å². The topological polar surface area (TPSA) is 50.7 Å². The molecule has 0 amide bonds. The molecule has 4 nitrogen and oxygen atoms in total. The Bertz CT molecular complexity index is 746. The molecule has 3 aromatic rings. The number of nitrogens with one attached hydrogen (secondary N) is 1. The number of benzene rings is 1. The Labute approximate surface area is 111 Å². The quantitative estimate of drug-likeness (QED) is 0.791. The molecule has 0 aliphatic heterocycles. The smallest absolute Gasteiger partial charge is 0.304 e. The molecule has 1 aromatic carbocycles. The van der Waals surface area contributed by atoms with Crippen LogP contribution in [0.1, 0.15) is 5.56 Å². The lowest BCUT2D eigenvalue weighted by atomic mass is 10.2. The molecule has 0 radical (unpaired) electrons. The number of nitrogens with zero attached hydrogens (tertiary/aromatic N) is 2. The number of halogens is 1. The monoisotopic (exact) mass is 303 g/mol. The third kappa shape index (κ3) is 1.97. The van der Waals surface area contributed by atoms with E-state index in [0.29, 0.717) is 12.2 Å². The second-order valence-electron chi connectivity index (χ2n) is 4.03. The third-order valence-electron chi connectivity index (χ3n) is 2.76. The lowest BCUT2D eigenvalue weighted by Crippen LogP contribution is -2.17. The Morgan fingerprint density at radius 2 is 2.06 bits per heavy atom. The maximum absolute atomic E-state index is 11.9. The fourth-order valence-corrected chi connectivity index (χ4v) is 2.26. The van der Waals surface area contributed by atoms with Crippen molar-refractivity contribution in [2.24, 2.45) is 0 Å². The van der Waals surface area contributed by atoms with Gasteiger partial charge < -0.3 is 4.98 Å². The summed E-state index contributed by atoms with van der Waals surface area (Å²) >= 11 is 3.34. The van der Waals surface area contributed by atoms with Gasteiger partial charge in [0.05, 0.1) is 12.1 Å². The van der Waals surface area contributed by atoms with Gasteiger partial charge in [-0.25, -0.2) is 9.78 Å². The van der Waals surface area contributed by atoms with E-state index < -0.39 is 0 Å². The van der Waals surface area contributed by atoms with Crippen LogP contribution >= 0.6 is 15.9 Å². The number of imidazole rings is 1. The number of rotatable bonds is 2. The first kappa shape index (κ1) is 11.2. The van der Waals surface area contributed by atoms with Gasteiger partial charge in [-0.1, -0.05) is 30.3 Å². The van der Waals surface area contributed by atoms with Crippen LogP contribution in [0.15, 0.2) is 51.9 Å². The maximum atomic E-state index is 11.9. The summed E-state index contributed by atoms with van der Waals surface area (Å²) in [5.74, 6) is 0. The minimum absolute atomic E-state index is 0.139. The predicted molar refractivity (Wildman–Crippen MR) is 73.6 cm³/mol. The van der Waals surface area contributed by atoms with E-state index in [1.165, 1.54) is 0 Å². The zero-order valence-corrected chi connectivity index (χ0v) is 11.0. The van der Waals surface area contributed by atoms with Crippen LogP contribution < -0.4 is 5.69 Å². The molecule has 18 heavy (non-hydrogen) atoms. The van der Waals surface area contributed by atoms with Gasteiger partial charge in [0, 0.05) is 10.7 Å². The van der Waals surface area contributed by atoms with Crippen molar-refractivity contribution in [2.45, 2.75) is 6.54 Å². The van der Waals surface area contributed by atoms with Gasteiger partial charge in [0.15, 0.2) is 5.65 Å². The first-order valence-corrected chi connectivity index (χ1v) is 6.31. The lowest BCUT2D eigenvalue weighted by molar-refractivity contribution is 0.778. The number of hydrogen-bond acceptors (Lipinski definition) is 2. The first-order chi connectivity index (χ1) is 8.74. The van der Waals surface area contributed by atoms with Crippen LogP contribution in [0.4, 0.5) is 0 Å². The molecule has 5 heteroatoms. The number of aromatic nitrogens is 3. The Balaban J connectivity index is 2.12. The van der Waals surface area contributed by atoms with Gasteiger partial charge in [-0.15, -0.1) is 0 Å². The molecule has 0 aliphatic carbocycles. The molecule has 0 spiro atoms.